The van der Waals surface area contributed by atoms with Gasteiger partial charge in [0.25, 0.3) is 0 Å². The molecule has 2 N–H and O–H groups in total. The number of morpholine rings is 2. The molecule has 0 saturated carbocycles. The van der Waals surface area contributed by atoms with Gasteiger partial charge < -0.3 is 20.1 Å². The highest BCUT2D eigenvalue weighted by Gasteiger charge is 2.19. The molecule has 0 aromatic heterocycles. The lowest BCUT2D eigenvalue weighted by atomic mass is 10.1. The normalized spacial score (nSPS) is 27.6. The molecule has 4 heteroatoms. The number of nitrogens with one attached hydrogen (secondary N) is 2. The minimum absolute atomic E-state index is 0.229. The second-order valence-electron chi connectivity index (χ2n) is 8.08. The quantitative estimate of drug-likeness (QED) is 0.821. The van der Waals surface area contributed by atoms with Crippen LogP contribution in [0.5, 0.6) is 0 Å². The van der Waals surface area contributed by atoms with Gasteiger partial charge in [0, 0.05) is 25.2 Å². The van der Waals surface area contributed by atoms with E-state index in [1.54, 1.807) is 0 Å². The first kappa shape index (κ1) is 21.0. The van der Waals surface area contributed by atoms with Gasteiger partial charge in [0.15, 0.2) is 0 Å². The Bertz CT molecular complexity index is 635. The summed E-state index contributed by atoms with van der Waals surface area (Å²) in [6, 6.07) is 18.1. The molecule has 4 nitrogen and oxygen atoms in total. The van der Waals surface area contributed by atoms with Gasteiger partial charge in [-0.15, -0.1) is 0 Å². The fourth-order valence-electron chi connectivity index (χ4n) is 3.36. The van der Waals surface area contributed by atoms with Gasteiger partial charge in [-0.05, 0) is 38.8 Å². The molecule has 0 amide bonds. The van der Waals surface area contributed by atoms with E-state index in [2.05, 4.69) is 86.9 Å². The molecule has 2 aromatic carbocycles. The van der Waals surface area contributed by atoms with Crippen molar-refractivity contribution in [3.8, 4) is 0 Å². The zero-order chi connectivity index (χ0) is 19.9. The molecule has 28 heavy (non-hydrogen) atoms. The van der Waals surface area contributed by atoms with Gasteiger partial charge >= 0.3 is 0 Å². The Kier molecular flexibility index (Phi) is 7.63. The average molecular weight is 383 g/mol. The summed E-state index contributed by atoms with van der Waals surface area (Å²) >= 11 is 0. The number of benzene rings is 2. The summed E-state index contributed by atoms with van der Waals surface area (Å²) in [5.74, 6) is 0. The highest BCUT2D eigenvalue weighted by atomic mass is 16.5. The van der Waals surface area contributed by atoms with Crippen LogP contribution in [0.25, 0.3) is 0 Å². The fourth-order valence-corrected chi connectivity index (χ4v) is 3.36. The van der Waals surface area contributed by atoms with Crippen LogP contribution in [0, 0.1) is 13.8 Å². The minimum atomic E-state index is 0.229. The van der Waals surface area contributed by atoms with Gasteiger partial charge in [0.05, 0.1) is 25.4 Å². The largest absolute Gasteiger partial charge is 0.371 e. The second-order valence-corrected chi connectivity index (χ2v) is 8.08. The van der Waals surface area contributed by atoms with Gasteiger partial charge in [0.2, 0.25) is 0 Å². The van der Waals surface area contributed by atoms with Gasteiger partial charge in [-0.1, -0.05) is 59.7 Å². The predicted octanol–water partition coefficient (Wildman–Crippen LogP) is 4.09. The summed E-state index contributed by atoms with van der Waals surface area (Å²) in [5.41, 5.74) is 5.14. The first-order chi connectivity index (χ1) is 13.5. The van der Waals surface area contributed by atoms with Gasteiger partial charge in [-0.2, -0.15) is 0 Å². The van der Waals surface area contributed by atoms with Gasteiger partial charge in [0.1, 0.15) is 0 Å². The molecule has 0 bridgehead atoms. The Hall–Kier alpha value is -1.72. The fraction of sp³-hybridized carbons (Fsp3) is 0.500. The van der Waals surface area contributed by atoms with Crippen molar-refractivity contribution in [1.29, 1.82) is 0 Å². The molecule has 1 unspecified atom stereocenters. The van der Waals surface area contributed by atoms with E-state index in [0.717, 1.165) is 26.3 Å². The molecule has 2 aromatic rings. The smallest absolute Gasteiger partial charge is 0.0950 e. The Morgan fingerprint density at radius 1 is 0.643 bits per heavy atom. The van der Waals surface area contributed by atoms with Crippen molar-refractivity contribution in [2.75, 3.05) is 26.3 Å². The molecule has 152 valence electrons. The van der Waals surface area contributed by atoms with Crippen LogP contribution in [0.2, 0.25) is 0 Å². The third kappa shape index (κ3) is 6.14. The standard InChI is InChI=1S/2C12H17NO/c2*1-9-3-5-11(6-4-9)12-7-13-10(2)8-14-12/h2*3-6,10,12-13H,7-8H2,1-2H3/t10-,12?;10-,12+/m11/s1. The van der Waals surface area contributed by atoms with E-state index < -0.39 is 0 Å². The maximum atomic E-state index is 5.75. The molecular weight excluding hydrogens is 348 g/mol. The molecule has 2 aliphatic heterocycles. The van der Waals surface area contributed by atoms with E-state index >= 15 is 0 Å². The van der Waals surface area contributed by atoms with Crippen molar-refractivity contribution in [2.24, 2.45) is 0 Å². The lowest BCUT2D eigenvalue weighted by Gasteiger charge is -2.28. The van der Waals surface area contributed by atoms with Crippen LogP contribution in [-0.4, -0.2) is 38.4 Å². The molecular formula is C24H34N2O2. The maximum absolute atomic E-state index is 5.75. The molecule has 0 spiro atoms. The van der Waals surface area contributed by atoms with Crippen molar-refractivity contribution < 1.29 is 9.47 Å². The second kappa shape index (κ2) is 10.2. The molecule has 2 aliphatic rings. The maximum Gasteiger partial charge on any atom is 0.0950 e. The summed E-state index contributed by atoms with van der Waals surface area (Å²) in [6.07, 6.45) is 0.457. The van der Waals surface area contributed by atoms with E-state index in [1.807, 2.05) is 0 Å². The molecule has 4 atom stereocenters. The number of hydrogen-bond acceptors (Lipinski definition) is 4. The Morgan fingerprint density at radius 3 is 1.29 bits per heavy atom. The summed E-state index contributed by atoms with van der Waals surface area (Å²) < 4.78 is 11.5. The molecule has 4 rings (SSSR count). The van der Waals surface area contributed by atoms with Crippen molar-refractivity contribution in [1.82, 2.24) is 10.6 Å². The van der Waals surface area contributed by atoms with E-state index in [0.29, 0.717) is 12.1 Å². The van der Waals surface area contributed by atoms with Crippen LogP contribution in [0.1, 0.15) is 48.3 Å². The number of ether oxygens (including phenoxy) is 2. The first-order valence-corrected chi connectivity index (χ1v) is 10.3. The highest BCUT2D eigenvalue weighted by Crippen LogP contribution is 2.21. The van der Waals surface area contributed by atoms with E-state index in [9.17, 15) is 0 Å². The van der Waals surface area contributed by atoms with Crippen LogP contribution in [-0.2, 0) is 9.47 Å². The monoisotopic (exact) mass is 382 g/mol. The number of aryl methyl sites for hydroxylation is 2. The number of rotatable bonds is 2. The molecule has 0 radical (unpaired) electrons. The van der Waals surface area contributed by atoms with Gasteiger partial charge in [-0.3, -0.25) is 0 Å². The van der Waals surface area contributed by atoms with Crippen molar-refractivity contribution in [3.63, 3.8) is 0 Å². The van der Waals surface area contributed by atoms with Crippen molar-refractivity contribution in [3.05, 3.63) is 70.8 Å². The molecule has 2 fully saturated rings. The lowest BCUT2D eigenvalue weighted by Crippen LogP contribution is -2.40. The zero-order valence-corrected chi connectivity index (χ0v) is 17.6. The first-order valence-electron chi connectivity index (χ1n) is 10.3. The summed E-state index contributed by atoms with van der Waals surface area (Å²) in [5, 5.41) is 6.84. The topological polar surface area (TPSA) is 42.5 Å². The molecule has 2 heterocycles. The third-order valence-electron chi connectivity index (χ3n) is 5.30. The van der Waals surface area contributed by atoms with Crippen LogP contribution >= 0.6 is 0 Å². The number of hydrogen-bond donors (Lipinski definition) is 2. The van der Waals surface area contributed by atoms with Gasteiger partial charge in [-0.25, -0.2) is 0 Å². The summed E-state index contributed by atoms with van der Waals surface area (Å²) in [6.45, 7) is 11.9. The van der Waals surface area contributed by atoms with Crippen molar-refractivity contribution in [2.45, 2.75) is 52.0 Å². The third-order valence-corrected chi connectivity index (χ3v) is 5.30. The Morgan fingerprint density at radius 2 is 1.00 bits per heavy atom. The van der Waals surface area contributed by atoms with E-state index in [4.69, 9.17) is 9.47 Å². The summed E-state index contributed by atoms with van der Waals surface area (Å²) in [4.78, 5) is 0. The Balaban J connectivity index is 0.000000161. The SMILES string of the molecule is Cc1ccc(C2CN[C@H](C)CO2)cc1.Cc1ccc([C@@H]2CN[C@H](C)CO2)cc1. The zero-order valence-electron chi connectivity index (χ0n) is 17.6. The van der Waals surface area contributed by atoms with Crippen LogP contribution in [0.3, 0.4) is 0 Å². The lowest BCUT2D eigenvalue weighted by molar-refractivity contribution is 0.00691. The minimum Gasteiger partial charge on any atom is -0.371 e. The van der Waals surface area contributed by atoms with Crippen molar-refractivity contribution >= 4 is 0 Å². The predicted molar refractivity (Wildman–Crippen MR) is 115 cm³/mol. The Labute approximate surface area is 169 Å². The highest BCUT2D eigenvalue weighted by molar-refractivity contribution is 5.24. The average Bonchev–Trinajstić information content (AvgIpc) is 2.71. The van der Waals surface area contributed by atoms with Crippen LogP contribution in [0.15, 0.2) is 48.5 Å². The molecule has 2 saturated heterocycles. The van der Waals surface area contributed by atoms with Crippen LogP contribution < -0.4 is 10.6 Å². The van der Waals surface area contributed by atoms with E-state index in [1.165, 1.54) is 22.3 Å². The molecule has 0 aliphatic carbocycles. The van der Waals surface area contributed by atoms with Crippen LogP contribution in [0.4, 0.5) is 0 Å². The summed E-state index contributed by atoms with van der Waals surface area (Å²) in [7, 11) is 0. The van der Waals surface area contributed by atoms with E-state index in [-0.39, 0.29) is 12.2 Å².